The summed E-state index contributed by atoms with van der Waals surface area (Å²) in [6.45, 7) is 2.54. The number of hydrogen-bond donors (Lipinski definition) is 0. The van der Waals surface area contributed by atoms with Crippen LogP contribution in [0.15, 0.2) is 91.6 Å². The van der Waals surface area contributed by atoms with E-state index in [0.29, 0.717) is 36.8 Å². The van der Waals surface area contributed by atoms with Gasteiger partial charge in [-0.15, -0.1) is 0 Å². The van der Waals surface area contributed by atoms with Crippen molar-refractivity contribution in [3.63, 3.8) is 0 Å². The minimum Gasteiger partial charge on any atom is -0.497 e. The van der Waals surface area contributed by atoms with Crippen molar-refractivity contribution in [2.45, 2.75) is 9.92 Å². The Kier molecular flexibility index (Phi) is 6.96. The number of halogens is 2. The molecule has 36 heavy (non-hydrogen) atoms. The van der Waals surface area contributed by atoms with Gasteiger partial charge in [0.05, 0.1) is 12.0 Å². The lowest BCUT2D eigenvalue weighted by molar-refractivity contribution is 0.415. The summed E-state index contributed by atoms with van der Waals surface area (Å²) in [5, 5.41) is 0.361. The highest BCUT2D eigenvalue weighted by Gasteiger charge is 2.33. The third kappa shape index (κ3) is 4.96. The molecule has 0 amide bonds. The summed E-state index contributed by atoms with van der Waals surface area (Å²) in [4.78, 5) is 8.78. The van der Waals surface area contributed by atoms with Crippen LogP contribution in [0.4, 0.5) is 11.6 Å². The second kappa shape index (κ2) is 10.2. The van der Waals surface area contributed by atoms with Crippen LogP contribution in [-0.2, 0) is 9.84 Å². The van der Waals surface area contributed by atoms with Crippen LogP contribution < -0.4 is 14.5 Å². The Morgan fingerprint density at radius 2 is 1.50 bits per heavy atom. The number of benzene rings is 3. The molecule has 0 aliphatic carbocycles. The SMILES string of the molecule is COc1ccc(N2CCN(c3oc(-c4ccc(Br)cc4)nc3S(=O)(=O)c3ccc(Cl)cc3)CC2)cc1. The van der Waals surface area contributed by atoms with Crippen molar-refractivity contribution in [1.82, 2.24) is 4.98 Å². The predicted molar refractivity (Wildman–Crippen MR) is 144 cm³/mol. The van der Waals surface area contributed by atoms with Crippen molar-refractivity contribution in [2.24, 2.45) is 0 Å². The maximum absolute atomic E-state index is 13.6. The quantitative estimate of drug-likeness (QED) is 0.277. The molecule has 0 bridgehead atoms. The Balaban J connectivity index is 1.48. The van der Waals surface area contributed by atoms with Gasteiger partial charge in [0.15, 0.2) is 0 Å². The molecular weight excluding hydrogens is 566 g/mol. The highest BCUT2D eigenvalue weighted by molar-refractivity contribution is 9.10. The Morgan fingerprint density at radius 3 is 2.11 bits per heavy atom. The van der Waals surface area contributed by atoms with E-state index in [1.54, 1.807) is 19.2 Å². The summed E-state index contributed by atoms with van der Waals surface area (Å²) in [6.07, 6.45) is 0. The molecule has 10 heteroatoms. The molecule has 5 rings (SSSR count). The minimum absolute atomic E-state index is 0.0966. The molecule has 0 unspecified atom stereocenters. The largest absolute Gasteiger partial charge is 0.497 e. The Bertz CT molecular complexity index is 1450. The molecule has 0 N–H and O–H groups in total. The van der Waals surface area contributed by atoms with Gasteiger partial charge in [-0.3, -0.25) is 0 Å². The van der Waals surface area contributed by atoms with Crippen LogP contribution in [0, 0.1) is 0 Å². The zero-order chi connectivity index (χ0) is 25.3. The first kappa shape index (κ1) is 24.7. The Morgan fingerprint density at radius 1 is 0.889 bits per heavy atom. The van der Waals surface area contributed by atoms with Crippen LogP contribution in [0.25, 0.3) is 11.5 Å². The van der Waals surface area contributed by atoms with Crippen molar-refractivity contribution >= 4 is 48.9 Å². The van der Waals surface area contributed by atoms with Gasteiger partial charge in [0, 0.05) is 46.9 Å². The molecule has 0 atom stereocenters. The number of ether oxygens (including phenoxy) is 1. The van der Waals surface area contributed by atoms with Crippen LogP contribution in [0.1, 0.15) is 0 Å². The van der Waals surface area contributed by atoms with E-state index in [0.717, 1.165) is 15.9 Å². The molecule has 0 spiro atoms. The lowest BCUT2D eigenvalue weighted by Crippen LogP contribution is -2.46. The zero-order valence-corrected chi connectivity index (χ0v) is 22.6. The monoisotopic (exact) mass is 587 g/mol. The van der Waals surface area contributed by atoms with E-state index in [-0.39, 0.29) is 21.7 Å². The highest BCUT2D eigenvalue weighted by atomic mass is 79.9. The van der Waals surface area contributed by atoms with E-state index in [2.05, 4.69) is 25.8 Å². The number of anilines is 2. The third-order valence-corrected chi connectivity index (χ3v) is 8.50. The summed E-state index contributed by atoms with van der Waals surface area (Å²) in [6, 6.07) is 21.4. The second-order valence-electron chi connectivity index (χ2n) is 8.27. The average Bonchev–Trinajstić information content (AvgIpc) is 3.36. The smallest absolute Gasteiger partial charge is 0.236 e. The van der Waals surface area contributed by atoms with E-state index in [1.807, 2.05) is 53.4 Å². The second-order valence-corrected chi connectivity index (χ2v) is 11.5. The normalized spacial score (nSPS) is 14.2. The Hall–Kier alpha value is -3.01. The van der Waals surface area contributed by atoms with Gasteiger partial charge in [0.1, 0.15) is 5.75 Å². The summed E-state index contributed by atoms with van der Waals surface area (Å²) < 4.78 is 39.6. The molecule has 1 saturated heterocycles. The van der Waals surface area contributed by atoms with E-state index in [9.17, 15) is 8.42 Å². The molecule has 4 aromatic rings. The topological polar surface area (TPSA) is 75.9 Å². The zero-order valence-electron chi connectivity index (χ0n) is 19.4. The summed E-state index contributed by atoms with van der Waals surface area (Å²) in [7, 11) is -2.30. The molecular formula is C26H23BrClN3O4S. The van der Waals surface area contributed by atoms with Crippen molar-refractivity contribution in [2.75, 3.05) is 43.1 Å². The molecule has 3 aromatic carbocycles. The number of aromatic nitrogens is 1. The van der Waals surface area contributed by atoms with E-state index >= 15 is 0 Å². The van der Waals surface area contributed by atoms with Crippen molar-refractivity contribution in [3.8, 4) is 17.2 Å². The molecule has 1 aliphatic rings. The number of piperazine rings is 1. The van der Waals surface area contributed by atoms with Gasteiger partial charge in [-0.1, -0.05) is 27.5 Å². The molecule has 1 fully saturated rings. The number of hydrogen-bond acceptors (Lipinski definition) is 7. The fraction of sp³-hybridized carbons (Fsp3) is 0.192. The number of nitrogens with zero attached hydrogens (tertiary/aromatic N) is 3. The first-order valence-corrected chi connectivity index (χ1v) is 13.9. The standard InChI is InChI=1S/C26H23BrClN3O4S/c1-34-22-10-8-21(9-11-22)30-14-16-31(17-15-30)26-25(36(32,33)23-12-6-20(28)7-13-23)29-24(35-26)18-2-4-19(27)5-3-18/h2-13H,14-17H2,1H3. The van der Waals surface area contributed by atoms with Gasteiger partial charge in [0.25, 0.3) is 0 Å². The minimum atomic E-state index is -3.95. The molecule has 1 aromatic heterocycles. The highest BCUT2D eigenvalue weighted by Crippen LogP contribution is 2.36. The first-order chi connectivity index (χ1) is 17.3. The number of rotatable bonds is 6. The molecule has 2 heterocycles. The average molecular weight is 589 g/mol. The van der Waals surface area contributed by atoms with Crippen LogP contribution in [0.3, 0.4) is 0 Å². The van der Waals surface area contributed by atoms with Crippen molar-refractivity contribution < 1.29 is 17.6 Å². The van der Waals surface area contributed by atoms with Gasteiger partial charge < -0.3 is 19.0 Å². The molecule has 186 valence electrons. The molecule has 0 radical (unpaired) electrons. The third-order valence-electron chi connectivity index (χ3n) is 6.05. The van der Waals surface area contributed by atoms with Crippen LogP contribution >= 0.6 is 27.5 Å². The number of sulfone groups is 1. The molecule has 7 nitrogen and oxygen atoms in total. The molecule has 0 saturated carbocycles. The van der Waals surface area contributed by atoms with E-state index in [4.69, 9.17) is 20.8 Å². The lowest BCUT2D eigenvalue weighted by atomic mass is 10.2. The maximum Gasteiger partial charge on any atom is 0.236 e. The van der Waals surface area contributed by atoms with Gasteiger partial charge in [-0.2, -0.15) is 4.98 Å². The van der Waals surface area contributed by atoms with Crippen LogP contribution in [0.5, 0.6) is 5.75 Å². The fourth-order valence-corrected chi connectivity index (χ4v) is 5.79. The van der Waals surface area contributed by atoms with Crippen molar-refractivity contribution in [3.05, 3.63) is 82.3 Å². The predicted octanol–water partition coefficient (Wildman–Crippen LogP) is 5.93. The lowest BCUT2D eigenvalue weighted by Gasteiger charge is -2.36. The van der Waals surface area contributed by atoms with Crippen molar-refractivity contribution in [1.29, 1.82) is 0 Å². The van der Waals surface area contributed by atoms with Crippen LogP contribution in [0.2, 0.25) is 5.02 Å². The maximum atomic E-state index is 13.6. The fourth-order valence-electron chi connectivity index (χ4n) is 4.08. The van der Waals surface area contributed by atoms with Gasteiger partial charge in [0.2, 0.25) is 26.6 Å². The van der Waals surface area contributed by atoms with Gasteiger partial charge >= 0.3 is 0 Å². The molecule has 1 aliphatic heterocycles. The van der Waals surface area contributed by atoms with Crippen LogP contribution in [-0.4, -0.2) is 46.7 Å². The van der Waals surface area contributed by atoms with E-state index < -0.39 is 9.84 Å². The Labute approximate surface area is 223 Å². The van der Waals surface area contributed by atoms with Gasteiger partial charge in [-0.05, 0) is 72.8 Å². The van der Waals surface area contributed by atoms with Gasteiger partial charge in [-0.25, -0.2) is 8.42 Å². The number of oxazole rings is 1. The number of methoxy groups -OCH3 is 1. The summed E-state index contributed by atoms with van der Waals surface area (Å²) in [5.41, 5.74) is 1.77. The van der Waals surface area contributed by atoms with E-state index in [1.165, 1.54) is 12.1 Å². The summed E-state index contributed by atoms with van der Waals surface area (Å²) >= 11 is 9.41. The first-order valence-electron chi connectivity index (χ1n) is 11.3. The summed E-state index contributed by atoms with van der Waals surface area (Å²) in [5.74, 6) is 1.30.